The molecule has 0 atom stereocenters. The van der Waals surface area contributed by atoms with Gasteiger partial charge >= 0.3 is 0 Å². The number of nitrogens with two attached hydrogens (primary N) is 1. The number of aromatic hydroxyl groups is 1. The standard InChI is InChI=1S/C14H15NO2/c15-10-17-14-7-3-12(4-8-14)9-11-1-5-13(16)6-2-11/h1-8,16H,9-10,15H2. The molecule has 3 N–H and O–H groups in total. The van der Waals surface area contributed by atoms with Gasteiger partial charge < -0.3 is 9.84 Å². The summed E-state index contributed by atoms with van der Waals surface area (Å²) in [7, 11) is 0. The zero-order valence-electron chi connectivity index (χ0n) is 9.47. The van der Waals surface area contributed by atoms with Gasteiger partial charge in [-0.1, -0.05) is 24.3 Å². The highest BCUT2D eigenvalue weighted by Gasteiger charge is 1.98. The average Bonchev–Trinajstić information content (AvgIpc) is 2.35. The number of hydrogen-bond donors (Lipinski definition) is 2. The second-order valence-electron chi connectivity index (χ2n) is 3.80. The molecule has 0 radical (unpaired) electrons. The average molecular weight is 229 g/mol. The van der Waals surface area contributed by atoms with E-state index >= 15 is 0 Å². The topological polar surface area (TPSA) is 55.5 Å². The van der Waals surface area contributed by atoms with Gasteiger partial charge in [0, 0.05) is 0 Å². The Bertz CT molecular complexity index is 463. The summed E-state index contributed by atoms with van der Waals surface area (Å²) in [6, 6.07) is 15.1. The van der Waals surface area contributed by atoms with E-state index in [1.165, 1.54) is 5.56 Å². The van der Waals surface area contributed by atoms with Crippen molar-refractivity contribution in [2.75, 3.05) is 6.73 Å². The number of hydrogen-bond acceptors (Lipinski definition) is 3. The lowest BCUT2D eigenvalue weighted by molar-refractivity contribution is 0.329. The highest BCUT2D eigenvalue weighted by molar-refractivity contribution is 5.33. The van der Waals surface area contributed by atoms with Crippen molar-refractivity contribution in [3.8, 4) is 11.5 Å². The molecule has 2 aromatic rings. The third kappa shape index (κ3) is 3.23. The Kier molecular flexibility index (Phi) is 3.62. The molecule has 0 amide bonds. The molecule has 0 aliphatic rings. The van der Waals surface area contributed by atoms with Gasteiger partial charge in [0.05, 0.1) is 0 Å². The highest BCUT2D eigenvalue weighted by Crippen LogP contribution is 2.16. The van der Waals surface area contributed by atoms with Crippen LogP contribution in [0, 0.1) is 0 Å². The Morgan fingerprint density at radius 3 is 1.94 bits per heavy atom. The minimum Gasteiger partial charge on any atom is -0.508 e. The molecule has 0 aliphatic heterocycles. The number of phenols is 1. The molecule has 0 saturated carbocycles. The van der Waals surface area contributed by atoms with Crippen molar-refractivity contribution in [1.82, 2.24) is 0 Å². The van der Waals surface area contributed by atoms with Gasteiger partial charge in [0.25, 0.3) is 0 Å². The van der Waals surface area contributed by atoms with E-state index in [2.05, 4.69) is 0 Å². The van der Waals surface area contributed by atoms with Crippen molar-refractivity contribution < 1.29 is 9.84 Å². The first-order chi connectivity index (χ1) is 8.28. The van der Waals surface area contributed by atoms with Crippen molar-refractivity contribution in [3.63, 3.8) is 0 Å². The van der Waals surface area contributed by atoms with Gasteiger partial charge in [0.15, 0.2) is 0 Å². The molecule has 3 nitrogen and oxygen atoms in total. The minimum absolute atomic E-state index is 0.192. The molecule has 3 heteroatoms. The predicted molar refractivity (Wildman–Crippen MR) is 67.0 cm³/mol. The van der Waals surface area contributed by atoms with E-state index in [1.54, 1.807) is 12.1 Å². The highest BCUT2D eigenvalue weighted by atomic mass is 16.5. The summed E-state index contributed by atoms with van der Waals surface area (Å²) in [4.78, 5) is 0. The summed E-state index contributed by atoms with van der Waals surface area (Å²) >= 11 is 0. The normalized spacial score (nSPS) is 10.2. The Balaban J connectivity index is 2.05. The predicted octanol–water partition coefficient (Wildman–Crippen LogP) is 2.28. The third-order valence-electron chi connectivity index (χ3n) is 2.52. The molecule has 0 fully saturated rings. The maximum absolute atomic E-state index is 9.19. The Morgan fingerprint density at radius 2 is 1.41 bits per heavy atom. The Morgan fingerprint density at radius 1 is 0.882 bits per heavy atom. The van der Waals surface area contributed by atoms with E-state index in [1.807, 2.05) is 36.4 Å². The van der Waals surface area contributed by atoms with Gasteiger partial charge in [-0.2, -0.15) is 0 Å². The van der Waals surface area contributed by atoms with Crippen molar-refractivity contribution in [3.05, 3.63) is 59.7 Å². The lowest BCUT2D eigenvalue weighted by atomic mass is 10.0. The van der Waals surface area contributed by atoms with E-state index in [0.29, 0.717) is 5.75 Å². The summed E-state index contributed by atoms with van der Waals surface area (Å²) in [5.41, 5.74) is 7.65. The zero-order valence-corrected chi connectivity index (χ0v) is 9.47. The fourth-order valence-corrected chi connectivity index (χ4v) is 1.65. The third-order valence-corrected chi connectivity index (χ3v) is 2.52. The molecule has 0 aromatic heterocycles. The lowest BCUT2D eigenvalue weighted by Crippen LogP contribution is -2.07. The van der Waals surface area contributed by atoms with E-state index in [4.69, 9.17) is 10.5 Å². The molecule has 2 rings (SSSR count). The zero-order chi connectivity index (χ0) is 12.1. The quantitative estimate of drug-likeness (QED) is 0.791. The van der Waals surface area contributed by atoms with Gasteiger partial charge in [-0.25, -0.2) is 0 Å². The number of phenolic OH excluding ortho intramolecular Hbond substituents is 1. The Hall–Kier alpha value is -2.00. The van der Waals surface area contributed by atoms with Crippen molar-refractivity contribution in [1.29, 1.82) is 0 Å². The molecular formula is C14H15NO2. The van der Waals surface area contributed by atoms with Crippen LogP contribution in [0.25, 0.3) is 0 Å². The van der Waals surface area contributed by atoms with Gasteiger partial charge in [-0.05, 0) is 41.8 Å². The van der Waals surface area contributed by atoms with Crippen LogP contribution in [0.4, 0.5) is 0 Å². The van der Waals surface area contributed by atoms with Crippen LogP contribution in [0.3, 0.4) is 0 Å². The fourth-order valence-electron chi connectivity index (χ4n) is 1.65. The van der Waals surface area contributed by atoms with Crippen LogP contribution < -0.4 is 10.5 Å². The van der Waals surface area contributed by atoms with Crippen LogP contribution in [0.15, 0.2) is 48.5 Å². The fraction of sp³-hybridized carbons (Fsp3) is 0.143. The summed E-state index contributed by atoms with van der Waals surface area (Å²) in [5.74, 6) is 1.07. The summed E-state index contributed by atoms with van der Waals surface area (Å²) in [6.45, 7) is 0.192. The molecule has 0 spiro atoms. The van der Waals surface area contributed by atoms with Crippen LogP contribution in [0.5, 0.6) is 11.5 Å². The number of ether oxygens (including phenoxy) is 1. The summed E-state index contributed by atoms with van der Waals surface area (Å²) < 4.78 is 5.17. The van der Waals surface area contributed by atoms with Crippen LogP contribution in [-0.4, -0.2) is 11.8 Å². The first-order valence-corrected chi connectivity index (χ1v) is 5.47. The summed E-state index contributed by atoms with van der Waals surface area (Å²) in [6.07, 6.45) is 0.836. The van der Waals surface area contributed by atoms with Gasteiger partial charge in [-0.15, -0.1) is 0 Å². The lowest BCUT2D eigenvalue weighted by Gasteiger charge is -2.05. The van der Waals surface area contributed by atoms with E-state index in [0.717, 1.165) is 17.7 Å². The van der Waals surface area contributed by atoms with Crippen LogP contribution in [0.2, 0.25) is 0 Å². The van der Waals surface area contributed by atoms with Gasteiger partial charge in [-0.3, -0.25) is 5.73 Å². The smallest absolute Gasteiger partial charge is 0.137 e. The molecule has 88 valence electrons. The minimum atomic E-state index is 0.192. The first-order valence-electron chi connectivity index (χ1n) is 5.47. The largest absolute Gasteiger partial charge is 0.508 e. The van der Waals surface area contributed by atoms with Crippen molar-refractivity contribution >= 4 is 0 Å². The SMILES string of the molecule is NCOc1ccc(Cc2ccc(O)cc2)cc1. The Labute approximate surface area is 100 Å². The molecule has 0 saturated heterocycles. The van der Waals surface area contributed by atoms with E-state index < -0.39 is 0 Å². The van der Waals surface area contributed by atoms with Crippen molar-refractivity contribution in [2.45, 2.75) is 6.42 Å². The number of benzene rings is 2. The maximum atomic E-state index is 9.19. The van der Waals surface area contributed by atoms with Gasteiger partial charge in [0.1, 0.15) is 18.2 Å². The maximum Gasteiger partial charge on any atom is 0.137 e. The first kappa shape index (κ1) is 11.5. The monoisotopic (exact) mass is 229 g/mol. The van der Waals surface area contributed by atoms with Gasteiger partial charge in [0.2, 0.25) is 0 Å². The molecule has 0 unspecified atom stereocenters. The van der Waals surface area contributed by atoms with Crippen LogP contribution >= 0.6 is 0 Å². The molecule has 2 aromatic carbocycles. The second kappa shape index (κ2) is 5.37. The molecule has 0 bridgehead atoms. The van der Waals surface area contributed by atoms with E-state index in [-0.39, 0.29) is 6.73 Å². The van der Waals surface area contributed by atoms with E-state index in [9.17, 15) is 5.11 Å². The molecular weight excluding hydrogens is 214 g/mol. The van der Waals surface area contributed by atoms with Crippen molar-refractivity contribution in [2.24, 2.45) is 5.73 Å². The summed E-state index contributed by atoms with van der Waals surface area (Å²) in [5, 5.41) is 9.19. The van der Waals surface area contributed by atoms with Crippen LogP contribution in [0.1, 0.15) is 11.1 Å². The molecule has 0 heterocycles. The second-order valence-corrected chi connectivity index (χ2v) is 3.80. The van der Waals surface area contributed by atoms with Crippen LogP contribution in [-0.2, 0) is 6.42 Å². The molecule has 0 aliphatic carbocycles. The molecule has 17 heavy (non-hydrogen) atoms. The number of rotatable bonds is 4.